The quantitative estimate of drug-likeness (QED) is 0.320. The molecule has 1 saturated heterocycles. The Morgan fingerprint density at radius 3 is 2.74 bits per heavy atom. The van der Waals surface area contributed by atoms with Crippen molar-refractivity contribution < 1.29 is 9.47 Å². The molecule has 0 aliphatic carbocycles. The Hall–Kier alpha value is -0.610. The first-order valence-electron chi connectivity index (χ1n) is 9.25. The van der Waals surface area contributed by atoms with Crippen molar-refractivity contribution >= 4 is 41.5 Å². The third-order valence-corrected chi connectivity index (χ3v) is 4.52. The predicted octanol–water partition coefficient (Wildman–Crippen LogP) is 2.92. The highest BCUT2D eigenvalue weighted by atomic mass is 127. The highest BCUT2D eigenvalue weighted by molar-refractivity contribution is 14.0. The van der Waals surface area contributed by atoms with Gasteiger partial charge in [-0.3, -0.25) is 9.89 Å². The number of halogens is 2. The summed E-state index contributed by atoms with van der Waals surface area (Å²) in [4.78, 5) is 7.25. The maximum atomic E-state index is 6.23. The number of rotatable bonds is 8. The minimum absolute atomic E-state index is 0. The van der Waals surface area contributed by atoms with E-state index in [1.165, 1.54) is 5.56 Å². The van der Waals surface area contributed by atoms with Gasteiger partial charge >= 0.3 is 0 Å². The number of benzene rings is 1. The van der Waals surface area contributed by atoms with Gasteiger partial charge in [-0.1, -0.05) is 23.7 Å². The Labute approximate surface area is 185 Å². The molecule has 1 aliphatic heterocycles. The van der Waals surface area contributed by atoms with Gasteiger partial charge in [0.15, 0.2) is 5.96 Å². The molecule has 0 radical (unpaired) electrons. The van der Waals surface area contributed by atoms with Crippen LogP contribution in [0.3, 0.4) is 0 Å². The maximum Gasteiger partial charge on any atom is 0.191 e. The molecule has 27 heavy (non-hydrogen) atoms. The van der Waals surface area contributed by atoms with Crippen LogP contribution in [0.1, 0.15) is 25.5 Å². The Morgan fingerprint density at radius 1 is 1.37 bits per heavy atom. The van der Waals surface area contributed by atoms with Gasteiger partial charge in [0.25, 0.3) is 0 Å². The molecule has 0 aromatic heterocycles. The summed E-state index contributed by atoms with van der Waals surface area (Å²) in [6, 6.07) is 8.42. The fraction of sp³-hybridized carbons (Fsp3) is 0.632. The molecule has 1 aromatic carbocycles. The van der Waals surface area contributed by atoms with Gasteiger partial charge in [0.2, 0.25) is 0 Å². The van der Waals surface area contributed by atoms with Crippen LogP contribution in [0.25, 0.3) is 0 Å². The van der Waals surface area contributed by atoms with Crippen LogP contribution in [0, 0.1) is 0 Å². The minimum Gasteiger partial charge on any atom is -0.383 e. The molecular weight excluding hydrogens is 479 g/mol. The molecule has 1 fully saturated rings. The Balaban J connectivity index is 0.00000364. The van der Waals surface area contributed by atoms with Crippen LogP contribution >= 0.6 is 35.6 Å². The lowest BCUT2D eigenvalue weighted by Gasteiger charge is -2.34. The standard InChI is InChI=1S/C19H31ClN4O2.HI/c1-4-21-19(23-15(2)14-25-3)22-13-18(24-8-10-26-11-9-24)16-6-5-7-17(20)12-16;/h5-7,12,15,18H,4,8-11,13-14H2,1-3H3,(H2,21,22,23);1H. The summed E-state index contributed by atoms with van der Waals surface area (Å²) >= 11 is 6.23. The number of methoxy groups -OCH3 is 1. The lowest BCUT2D eigenvalue weighted by atomic mass is 10.0. The van der Waals surface area contributed by atoms with Gasteiger partial charge in [-0.25, -0.2) is 0 Å². The number of morpholine rings is 1. The van der Waals surface area contributed by atoms with Crippen molar-refractivity contribution in [2.75, 3.05) is 53.1 Å². The molecule has 0 saturated carbocycles. The van der Waals surface area contributed by atoms with E-state index in [9.17, 15) is 0 Å². The summed E-state index contributed by atoms with van der Waals surface area (Å²) in [6.07, 6.45) is 0. The molecule has 1 heterocycles. The summed E-state index contributed by atoms with van der Waals surface area (Å²) in [6.45, 7) is 9.54. The first kappa shape index (κ1) is 24.4. The molecule has 0 bridgehead atoms. The third kappa shape index (κ3) is 8.51. The van der Waals surface area contributed by atoms with Gasteiger partial charge in [-0.15, -0.1) is 24.0 Å². The van der Waals surface area contributed by atoms with Crippen LogP contribution in [0.4, 0.5) is 0 Å². The lowest BCUT2D eigenvalue weighted by Crippen LogP contribution is -2.45. The Bertz CT molecular complexity index is 570. The number of ether oxygens (including phenoxy) is 2. The van der Waals surface area contributed by atoms with Gasteiger partial charge in [-0.05, 0) is 31.5 Å². The van der Waals surface area contributed by atoms with Gasteiger partial charge in [0.1, 0.15) is 0 Å². The largest absolute Gasteiger partial charge is 0.383 e. The molecule has 2 rings (SSSR count). The van der Waals surface area contributed by atoms with Gasteiger partial charge in [0.05, 0.1) is 32.4 Å². The first-order chi connectivity index (χ1) is 12.6. The molecule has 0 amide bonds. The minimum atomic E-state index is 0. The zero-order valence-corrected chi connectivity index (χ0v) is 19.5. The van der Waals surface area contributed by atoms with Crippen molar-refractivity contribution in [2.45, 2.75) is 25.9 Å². The van der Waals surface area contributed by atoms with Crippen LogP contribution in [0.15, 0.2) is 29.3 Å². The van der Waals surface area contributed by atoms with E-state index in [0.717, 1.165) is 43.8 Å². The van der Waals surface area contributed by atoms with Crippen molar-refractivity contribution in [3.8, 4) is 0 Å². The van der Waals surface area contributed by atoms with E-state index >= 15 is 0 Å². The second-order valence-corrected chi connectivity index (χ2v) is 6.88. The van der Waals surface area contributed by atoms with E-state index in [4.69, 9.17) is 26.1 Å². The SMILES string of the molecule is CCNC(=NCC(c1cccc(Cl)c1)N1CCOCC1)NC(C)COC.I. The predicted molar refractivity (Wildman–Crippen MR) is 122 cm³/mol. The van der Waals surface area contributed by atoms with E-state index in [0.29, 0.717) is 13.2 Å². The van der Waals surface area contributed by atoms with Crippen LogP contribution in [0.5, 0.6) is 0 Å². The third-order valence-electron chi connectivity index (χ3n) is 4.29. The first-order valence-corrected chi connectivity index (χ1v) is 9.62. The van der Waals surface area contributed by atoms with Crippen LogP contribution in [0.2, 0.25) is 5.02 Å². The van der Waals surface area contributed by atoms with Crippen molar-refractivity contribution in [1.82, 2.24) is 15.5 Å². The smallest absolute Gasteiger partial charge is 0.191 e. The molecule has 6 nitrogen and oxygen atoms in total. The van der Waals surface area contributed by atoms with Crippen molar-refractivity contribution in [1.29, 1.82) is 0 Å². The van der Waals surface area contributed by atoms with Gasteiger partial charge in [0, 0.05) is 37.8 Å². The van der Waals surface area contributed by atoms with Crippen molar-refractivity contribution in [3.05, 3.63) is 34.9 Å². The second-order valence-electron chi connectivity index (χ2n) is 6.44. The fourth-order valence-corrected chi connectivity index (χ4v) is 3.26. The van der Waals surface area contributed by atoms with E-state index in [1.807, 2.05) is 18.2 Å². The summed E-state index contributed by atoms with van der Waals surface area (Å²) in [5.74, 6) is 0.803. The molecule has 154 valence electrons. The zero-order valence-electron chi connectivity index (χ0n) is 16.4. The van der Waals surface area contributed by atoms with E-state index in [1.54, 1.807) is 7.11 Å². The molecule has 1 aliphatic rings. The summed E-state index contributed by atoms with van der Waals surface area (Å²) in [7, 11) is 1.70. The van der Waals surface area contributed by atoms with Crippen LogP contribution < -0.4 is 10.6 Å². The normalized spacial score (nSPS) is 17.7. The lowest BCUT2D eigenvalue weighted by molar-refractivity contribution is 0.0179. The van der Waals surface area contributed by atoms with Gasteiger partial charge < -0.3 is 20.1 Å². The number of hydrogen-bond acceptors (Lipinski definition) is 4. The van der Waals surface area contributed by atoms with Crippen molar-refractivity contribution in [3.63, 3.8) is 0 Å². The highest BCUT2D eigenvalue weighted by Crippen LogP contribution is 2.24. The van der Waals surface area contributed by atoms with E-state index in [2.05, 4.69) is 35.4 Å². The Kier molecular flexibility index (Phi) is 12.3. The molecule has 2 unspecified atom stereocenters. The number of nitrogens with zero attached hydrogens (tertiary/aromatic N) is 2. The van der Waals surface area contributed by atoms with E-state index < -0.39 is 0 Å². The molecule has 8 heteroatoms. The number of guanidine groups is 1. The number of aliphatic imine (C=N–C) groups is 1. The monoisotopic (exact) mass is 510 g/mol. The zero-order chi connectivity index (χ0) is 18.8. The Morgan fingerprint density at radius 2 is 2.11 bits per heavy atom. The van der Waals surface area contributed by atoms with Crippen LogP contribution in [-0.2, 0) is 9.47 Å². The van der Waals surface area contributed by atoms with Crippen molar-refractivity contribution in [2.24, 2.45) is 4.99 Å². The molecule has 0 spiro atoms. The topological polar surface area (TPSA) is 58.1 Å². The summed E-state index contributed by atoms with van der Waals surface area (Å²) < 4.78 is 10.7. The highest BCUT2D eigenvalue weighted by Gasteiger charge is 2.23. The van der Waals surface area contributed by atoms with Gasteiger partial charge in [-0.2, -0.15) is 0 Å². The average molecular weight is 511 g/mol. The van der Waals surface area contributed by atoms with Crippen LogP contribution in [-0.4, -0.2) is 70.0 Å². The second kappa shape index (κ2) is 13.5. The number of hydrogen-bond donors (Lipinski definition) is 2. The number of nitrogens with one attached hydrogen (secondary N) is 2. The molecular formula is C19H32ClIN4O2. The fourth-order valence-electron chi connectivity index (χ4n) is 3.06. The molecule has 2 atom stereocenters. The van der Waals surface area contributed by atoms with E-state index in [-0.39, 0.29) is 36.1 Å². The average Bonchev–Trinajstić information content (AvgIpc) is 2.63. The summed E-state index contributed by atoms with van der Waals surface area (Å²) in [5.41, 5.74) is 1.18. The maximum absolute atomic E-state index is 6.23. The molecule has 2 N–H and O–H groups in total. The summed E-state index contributed by atoms with van der Waals surface area (Å²) in [5, 5.41) is 7.44. The molecule has 1 aromatic rings.